The summed E-state index contributed by atoms with van der Waals surface area (Å²) in [4.78, 5) is 34.2. The predicted molar refractivity (Wildman–Crippen MR) is 94.5 cm³/mol. The summed E-state index contributed by atoms with van der Waals surface area (Å²) in [6, 6.07) is 8.46. The van der Waals surface area contributed by atoms with Gasteiger partial charge in [0, 0.05) is 5.56 Å². The SMILES string of the molecule is O=Cc1cccc(N=NC2C(=O)N(c3ccc(S(=O)(=O)[O-])cc3)N=C2C(=O)[O-])c1.[Na+].[Na+]. The minimum Gasteiger partial charge on any atom is -0.744 e. The number of carboxylic acid groups (broad SMARTS) is 1. The van der Waals surface area contributed by atoms with Gasteiger partial charge in [0.05, 0.1) is 22.2 Å². The van der Waals surface area contributed by atoms with Crippen LogP contribution in [0.2, 0.25) is 0 Å². The summed E-state index contributed by atoms with van der Waals surface area (Å²) >= 11 is 0. The summed E-state index contributed by atoms with van der Waals surface area (Å²) in [6.45, 7) is 0. The van der Waals surface area contributed by atoms with Gasteiger partial charge in [-0.3, -0.25) is 9.59 Å². The molecule has 31 heavy (non-hydrogen) atoms. The van der Waals surface area contributed by atoms with Crippen LogP contribution in [-0.2, 0) is 19.7 Å². The number of carbonyl (C=O) groups is 3. The van der Waals surface area contributed by atoms with Crippen molar-refractivity contribution in [3.05, 3.63) is 54.1 Å². The number of anilines is 1. The number of hydrogen-bond acceptors (Lipinski definition) is 10. The van der Waals surface area contributed by atoms with E-state index in [2.05, 4.69) is 15.3 Å². The molecule has 0 bridgehead atoms. The molecule has 0 saturated carbocycles. The van der Waals surface area contributed by atoms with Crippen molar-refractivity contribution < 1.29 is 91.6 Å². The molecule has 0 aromatic heterocycles. The van der Waals surface area contributed by atoms with E-state index in [-0.39, 0.29) is 70.5 Å². The van der Waals surface area contributed by atoms with E-state index in [1.807, 2.05) is 0 Å². The van der Waals surface area contributed by atoms with Gasteiger partial charge in [-0.1, -0.05) is 12.1 Å². The van der Waals surface area contributed by atoms with Crippen LogP contribution in [0.15, 0.2) is 68.8 Å². The number of hydrogen-bond donors (Lipinski definition) is 0. The zero-order valence-corrected chi connectivity index (χ0v) is 21.1. The molecule has 2 aromatic carbocycles. The van der Waals surface area contributed by atoms with E-state index in [4.69, 9.17) is 0 Å². The van der Waals surface area contributed by atoms with Gasteiger partial charge in [-0.2, -0.15) is 20.3 Å². The van der Waals surface area contributed by atoms with E-state index in [0.717, 1.165) is 24.3 Å². The Labute approximate surface area is 220 Å². The number of nitrogens with zero attached hydrogens (tertiary/aromatic N) is 4. The second kappa shape index (κ2) is 11.2. The van der Waals surface area contributed by atoms with Crippen molar-refractivity contribution in [3.8, 4) is 0 Å². The Morgan fingerprint density at radius 3 is 2.32 bits per heavy atom. The van der Waals surface area contributed by atoms with Crippen LogP contribution in [0.4, 0.5) is 11.4 Å². The van der Waals surface area contributed by atoms with Crippen molar-refractivity contribution in [2.45, 2.75) is 10.9 Å². The molecular formula is C17H10N4Na2O7S. The van der Waals surface area contributed by atoms with Crippen LogP contribution in [0.3, 0.4) is 0 Å². The number of aldehydes is 1. The Morgan fingerprint density at radius 2 is 1.77 bits per heavy atom. The number of carboxylic acids is 1. The molecule has 0 N–H and O–H groups in total. The summed E-state index contributed by atoms with van der Waals surface area (Å²) in [5.41, 5.74) is -0.167. The zero-order chi connectivity index (χ0) is 21.2. The van der Waals surface area contributed by atoms with Crippen molar-refractivity contribution in [1.82, 2.24) is 0 Å². The van der Waals surface area contributed by atoms with E-state index in [0.29, 0.717) is 16.9 Å². The second-order valence-electron chi connectivity index (χ2n) is 5.70. The third-order valence-corrected chi connectivity index (χ3v) is 4.63. The van der Waals surface area contributed by atoms with Crippen molar-refractivity contribution in [2.24, 2.45) is 15.3 Å². The molecule has 14 heteroatoms. The maximum Gasteiger partial charge on any atom is 1.00 e. The van der Waals surface area contributed by atoms with Gasteiger partial charge in [0.15, 0.2) is 6.04 Å². The number of aliphatic carboxylic acids is 1. The van der Waals surface area contributed by atoms with Gasteiger partial charge in [-0.15, -0.1) is 0 Å². The summed E-state index contributed by atoms with van der Waals surface area (Å²) in [5, 5.41) is 23.2. The Morgan fingerprint density at radius 1 is 1.13 bits per heavy atom. The van der Waals surface area contributed by atoms with E-state index in [1.165, 1.54) is 24.3 Å². The zero-order valence-electron chi connectivity index (χ0n) is 16.3. The first-order chi connectivity index (χ1) is 13.7. The fourth-order valence-corrected chi connectivity index (χ4v) is 2.89. The first-order valence-corrected chi connectivity index (χ1v) is 9.27. The minimum absolute atomic E-state index is 0. The fourth-order valence-electron chi connectivity index (χ4n) is 2.42. The average Bonchev–Trinajstić information content (AvgIpc) is 3.02. The first kappa shape index (κ1) is 27.3. The minimum atomic E-state index is -4.69. The standard InChI is InChI=1S/C17H12N4O7S.2Na/c22-9-10-2-1-3-11(8-10)18-19-14-15(17(24)25)20-21(16(14)23)12-4-6-13(7-5-12)29(26,27)28;;/h1-9,14H,(H,24,25)(H,26,27,28);;/q;2*+1/p-2. The maximum atomic E-state index is 12.6. The predicted octanol–water partition coefficient (Wildman–Crippen LogP) is -5.98. The molecule has 1 aliphatic rings. The van der Waals surface area contributed by atoms with Gasteiger partial charge >= 0.3 is 59.1 Å². The van der Waals surface area contributed by atoms with Crippen LogP contribution in [0.5, 0.6) is 0 Å². The Kier molecular flexibility index (Phi) is 9.85. The van der Waals surface area contributed by atoms with Crippen LogP contribution < -0.4 is 69.2 Å². The Hall–Kier alpha value is -1.77. The van der Waals surface area contributed by atoms with Gasteiger partial charge in [0.25, 0.3) is 5.91 Å². The number of amides is 1. The molecule has 1 unspecified atom stereocenters. The molecule has 1 amide bonds. The monoisotopic (exact) mass is 460 g/mol. The molecule has 3 rings (SSSR count). The Balaban J connectivity index is 0.00000240. The molecule has 0 saturated heterocycles. The normalized spacial score (nSPS) is 15.8. The first-order valence-electron chi connectivity index (χ1n) is 7.86. The molecule has 0 fully saturated rings. The van der Waals surface area contributed by atoms with E-state index < -0.39 is 38.6 Å². The molecular weight excluding hydrogens is 450 g/mol. The number of benzene rings is 2. The van der Waals surface area contributed by atoms with Crippen molar-refractivity contribution >= 4 is 45.4 Å². The fraction of sp³-hybridized carbons (Fsp3) is 0.0588. The third-order valence-electron chi connectivity index (χ3n) is 3.78. The van der Waals surface area contributed by atoms with Crippen LogP contribution in [-0.4, -0.2) is 42.9 Å². The number of azo groups is 1. The molecule has 1 heterocycles. The topological polar surface area (TPSA) is 172 Å². The van der Waals surface area contributed by atoms with Gasteiger partial charge in [-0.25, -0.2) is 8.42 Å². The molecule has 2 aromatic rings. The third kappa shape index (κ3) is 6.37. The Bertz CT molecular complexity index is 1170. The molecule has 0 spiro atoms. The maximum absolute atomic E-state index is 12.6. The molecule has 148 valence electrons. The molecule has 1 atom stereocenters. The molecule has 0 aliphatic carbocycles. The van der Waals surface area contributed by atoms with Crippen LogP contribution in [0.25, 0.3) is 0 Å². The van der Waals surface area contributed by atoms with Gasteiger partial charge in [0.2, 0.25) is 0 Å². The van der Waals surface area contributed by atoms with E-state index >= 15 is 0 Å². The number of rotatable bonds is 6. The summed E-state index contributed by atoms with van der Waals surface area (Å²) < 4.78 is 33.0. The largest absolute Gasteiger partial charge is 1.00 e. The van der Waals surface area contributed by atoms with Crippen LogP contribution >= 0.6 is 0 Å². The van der Waals surface area contributed by atoms with Crippen LogP contribution in [0, 0.1) is 0 Å². The number of carbonyl (C=O) groups excluding carboxylic acids is 3. The second-order valence-corrected chi connectivity index (χ2v) is 7.08. The quantitative estimate of drug-likeness (QED) is 0.179. The molecule has 0 radical (unpaired) electrons. The average molecular weight is 460 g/mol. The van der Waals surface area contributed by atoms with Gasteiger partial charge < -0.3 is 14.5 Å². The molecule has 11 nitrogen and oxygen atoms in total. The van der Waals surface area contributed by atoms with Gasteiger partial charge in [0.1, 0.15) is 22.1 Å². The smallest absolute Gasteiger partial charge is 0.744 e. The van der Waals surface area contributed by atoms with Crippen molar-refractivity contribution in [3.63, 3.8) is 0 Å². The van der Waals surface area contributed by atoms with Crippen molar-refractivity contribution in [2.75, 3.05) is 5.01 Å². The summed E-state index contributed by atoms with van der Waals surface area (Å²) in [5.74, 6) is -2.62. The van der Waals surface area contributed by atoms with E-state index in [1.54, 1.807) is 0 Å². The van der Waals surface area contributed by atoms with E-state index in [9.17, 15) is 32.5 Å². The summed E-state index contributed by atoms with van der Waals surface area (Å²) in [7, 11) is -4.69. The van der Waals surface area contributed by atoms with Crippen molar-refractivity contribution in [1.29, 1.82) is 0 Å². The number of hydrazone groups is 1. The summed E-state index contributed by atoms with van der Waals surface area (Å²) in [6.07, 6.45) is 0.585. The van der Waals surface area contributed by atoms with Gasteiger partial charge in [-0.05, 0) is 36.4 Å². The van der Waals surface area contributed by atoms with Crippen LogP contribution in [0.1, 0.15) is 10.4 Å². The molecule has 1 aliphatic heterocycles.